The topological polar surface area (TPSA) is 67.9 Å². The molecule has 2 atom stereocenters. The normalized spacial score (nSPS) is 19.0. The van der Waals surface area contributed by atoms with Gasteiger partial charge in [-0.3, -0.25) is 9.59 Å². The molecule has 2 aromatic rings. The second-order valence-electron chi connectivity index (χ2n) is 7.12. The summed E-state index contributed by atoms with van der Waals surface area (Å²) in [5.74, 6) is 1.12. The molecule has 1 fully saturated rings. The smallest absolute Gasteiger partial charge is 0.225 e. The van der Waals surface area contributed by atoms with Crippen molar-refractivity contribution in [2.75, 3.05) is 20.8 Å². The molecule has 0 saturated carbocycles. The Kier molecular flexibility index (Phi) is 6.75. The first-order valence-electron chi connectivity index (χ1n) is 9.91. The Morgan fingerprint density at radius 2 is 1.76 bits per heavy atom. The number of ether oxygens (including phenoxy) is 2. The Morgan fingerprint density at radius 3 is 2.34 bits per heavy atom. The first kappa shape index (κ1) is 20.7. The molecule has 154 valence electrons. The molecule has 1 heterocycles. The number of hydrogen-bond donors (Lipinski definition) is 1. The van der Waals surface area contributed by atoms with Crippen molar-refractivity contribution in [1.82, 2.24) is 10.2 Å². The molecule has 1 aliphatic heterocycles. The van der Waals surface area contributed by atoms with Crippen molar-refractivity contribution in [2.24, 2.45) is 5.92 Å². The van der Waals surface area contributed by atoms with Gasteiger partial charge in [0.1, 0.15) is 11.5 Å². The average Bonchev–Trinajstić information content (AvgIpc) is 2.77. The Morgan fingerprint density at radius 1 is 1.10 bits per heavy atom. The van der Waals surface area contributed by atoms with Crippen molar-refractivity contribution in [2.45, 2.75) is 32.4 Å². The SMILES string of the molecule is CCN1C(=O)CC[C@@H](C(=O)NCc2cc(OC)cc(OC)c2)[C@@H]1c1ccccc1. The maximum atomic E-state index is 13.1. The van der Waals surface area contributed by atoms with E-state index in [9.17, 15) is 9.59 Å². The third kappa shape index (κ3) is 4.70. The first-order chi connectivity index (χ1) is 14.1. The van der Waals surface area contributed by atoms with Gasteiger partial charge in [0, 0.05) is 25.6 Å². The molecule has 0 unspecified atom stereocenters. The van der Waals surface area contributed by atoms with Crippen LogP contribution in [0, 0.1) is 5.92 Å². The van der Waals surface area contributed by atoms with Crippen LogP contribution < -0.4 is 14.8 Å². The number of carbonyl (C=O) groups excluding carboxylic acids is 2. The van der Waals surface area contributed by atoms with E-state index in [4.69, 9.17) is 9.47 Å². The Hall–Kier alpha value is -3.02. The van der Waals surface area contributed by atoms with Crippen molar-refractivity contribution >= 4 is 11.8 Å². The molecule has 0 aromatic heterocycles. The fraction of sp³-hybridized carbons (Fsp3) is 0.391. The average molecular weight is 396 g/mol. The van der Waals surface area contributed by atoms with Crippen LogP contribution in [0.5, 0.6) is 11.5 Å². The highest BCUT2D eigenvalue weighted by molar-refractivity contribution is 5.85. The van der Waals surface area contributed by atoms with Crippen LogP contribution >= 0.6 is 0 Å². The number of amides is 2. The largest absolute Gasteiger partial charge is 0.497 e. The van der Waals surface area contributed by atoms with Gasteiger partial charge < -0.3 is 19.7 Å². The molecule has 6 heteroatoms. The second-order valence-corrected chi connectivity index (χ2v) is 7.12. The Labute approximate surface area is 171 Å². The molecule has 2 aromatic carbocycles. The first-order valence-corrected chi connectivity index (χ1v) is 9.91. The standard InChI is InChI=1S/C23H28N2O4/c1-4-25-21(26)11-10-20(22(25)17-8-6-5-7-9-17)23(27)24-15-16-12-18(28-2)14-19(13-16)29-3/h5-9,12-14,20,22H,4,10-11,15H2,1-3H3,(H,24,27)/t20-,22+/m1/s1. The third-order valence-corrected chi connectivity index (χ3v) is 5.40. The summed E-state index contributed by atoms with van der Waals surface area (Å²) in [7, 11) is 3.19. The number of piperidine rings is 1. The lowest BCUT2D eigenvalue weighted by Gasteiger charge is -2.40. The minimum atomic E-state index is -0.289. The molecule has 0 bridgehead atoms. The molecule has 2 amide bonds. The number of carbonyl (C=O) groups is 2. The summed E-state index contributed by atoms with van der Waals surface area (Å²) < 4.78 is 10.6. The summed E-state index contributed by atoms with van der Waals surface area (Å²) in [5, 5.41) is 3.04. The zero-order chi connectivity index (χ0) is 20.8. The van der Waals surface area contributed by atoms with Crippen LogP contribution in [0.15, 0.2) is 48.5 Å². The number of rotatable bonds is 7. The van der Waals surface area contributed by atoms with E-state index in [1.54, 1.807) is 20.3 Å². The van der Waals surface area contributed by atoms with E-state index in [2.05, 4.69) is 5.32 Å². The van der Waals surface area contributed by atoms with E-state index in [1.165, 1.54) is 0 Å². The summed E-state index contributed by atoms with van der Waals surface area (Å²) >= 11 is 0. The molecule has 6 nitrogen and oxygen atoms in total. The lowest BCUT2D eigenvalue weighted by molar-refractivity contribution is -0.143. The second kappa shape index (κ2) is 9.45. The lowest BCUT2D eigenvalue weighted by atomic mass is 9.83. The van der Waals surface area contributed by atoms with Crippen LogP contribution in [0.1, 0.15) is 36.9 Å². The molecular weight excluding hydrogens is 368 g/mol. The predicted molar refractivity (Wildman–Crippen MR) is 111 cm³/mol. The molecular formula is C23H28N2O4. The van der Waals surface area contributed by atoms with Gasteiger partial charge in [0.05, 0.1) is 26.2 Å². The van der Waals surface area contributed by atoms with Gasteiger partial charge in [-0.2, -0.15) is 0 Å². The quantitative estimate of drug-likeness (QED) is 0.780. The molecule has 0 radical (unpaired) electrons. The van der Waals surface area contributed by atoms with E-state index in [-0.39, 0.29) is 23.8 Å². The number of benzene rings is 2. The van der Waals surface area contributed by atoms with Crippen molar-refractivity contribution in [1.29, 1.82) is 0 Å². The third-order valence-electron chi connectivity index (χ3n) is 5.40. The minimum Gasteiger partial charge on any atom is -0.497 e. The van der Waals surface area contributed by atoms with Crippen molar-refractivity contribution < 1.29 is 19.1 Å². The van der Waals surface area contributed by atoms with Crippen molar-refractivity contribution in [3.63, 3.8) is 0 Å². The molecule has 1 N–H and O–H groups in total. The van der Waals surface area contributed by atoms with Gasteiger partial charge in [-0.1, -0.05) is 30.3 Å². The van der Waals surface area contributed by atoms with E-state index >= 15 is 0 Å². The fourth-order valence-electron chi connectivity index (χ4n) is 3.95. The van der Waals surface area contributed by atoms with Crippen LogP contribution in [0.2, 0.25) is 0 Å². The van der Waals surface area contributed by atoms with Crippen LogP contribution in [0.4, 0.5) is 0 Å². The van der Waals surface area contributed by atoms with Gasteiger partial charge in [0.15, 0.2) is 0 Å². The van der Waals surface area contributed by atoms with E-state index < -0.39 is 0 Å². The predicted octanol–water partition coefficient (Wildman–Crippen LogP) is 3.32. The highest BCUT2D eigenvalue weighted by Crippen LogP contribution is 2.36. The maximum Gasteiger partial charge on any atom is 0.225 e. The summed E-state index contributed by atoms with van der Waals surface area (Å²) in [6, 6.07) is 15.1. The van der Waals surface area contributed by atoms with Gasteiger partial charge in [0.25, 0.3) is 0 Å². The molecule has 0 spiro atoms. The zero-order valence-corrected chi connectivity index (χ0v) is 17.2. The van der Waals surface area contributed by atoms with Gasteiger partial charge in [-0.15, -0.1) is 0 Å². The highest BCUT2D eigenvalue weighted by atomic mass is 16.5. The Balaban J connectivity index is 1.79. The summed E-state index contributed by atoms with van der Waals surface area (Å²) in [6.45, 7) is 2.90. The monoisotopic (exact) mass is 396 g/mol. The number of hydrogen-bond acceptors (Lipinski definition) is 4. The number of likely N-dealkylation sites (tertiary alicyclic amines) is 1. The van der Waals surface area contributed by atoms with E-state index in [1.807, 2.05) is 54.3 Å². The van der Waals surface area contributed by atoms with Gasteiger partial charge in [0.2, 0.25) is 11.8 Å². The molecule has 3 rings (SSSR count). The highest BCUT2D eigenvalue weighted by Gasteiger charge is 2.39. The van der Waals surface area contributed by atoms with Gasteiger partial charge >= 0.3 is 0 Å². The number of nitrogens with one attached hydrogen (secondary N) is 1. The zero-order valence-electron chi connectivity index (χ0n) is 17.2. The van der Waals surface area contributed by atoms with E-state index in [0.29, 0.717) is 37.4 Å². The molecule has 1 aliphatic rings. The molecule has 1 saturated heterocycles. The fourth-order valence-corrected chi connectivity index (χ4v) is 3.95. The Bertz CT molecular complexity index is 831. The summed E-state index contributed by atoms with van der Waals surface area (Å²) in [5.41, 5.74) is 1.88. The minimum absolute atomic E-state index is 0.0495. The molecule has 0 aliphatic carbocycles. The number of nitrogens with zero attached hydrogens (tertiary/aromatic N) is 1. The van der Waals surface area contributed by atoms with E-state index in [0.717, 1.165) is 11.1 Å². The summed E-state index contributed by atoms with van der Waals surface area (Å²) in [6.07, 6.45) is 0.935. The number of methoxy groups -OCH3 is 2. The van der Waals surface area contributed by atoms with Crippen LogP contribution in [-0.2, 0) is 16.1 Å². The van der Waals surface area contributed by atoms with Crippen LogP contribution in [-0.4, -0.2) is 37.5 Å². The maximum absolute atomic E-state index is 13.1. The van der Waals surface area contributed by atoms with Gasteiger partial charge in [-0.05, 0) is 36.6 Å². The van der Waals surface area contributed by atoms with Crippen molar-refractivity contribution in [3.05, 3.63) is 59.7 Å². The molecule has 29 heavy (non-hydrogen) atoms. The van der Waals surface area contributed by atoms with Gasteiger partial charge in [-0.25, -0.2) is 0 Å². The summed E-state index contributed by atoms with van der Waals surface area (Å²) in [4.78, 5) is 27.4. The van der Waals surface area contributed by atoms with Crippen molar-refractivity contribution in [3.8, 4) is 11.5 Å². The lowest BCUT2D eigenvalue weighted by Crippen LogP contribution is -2.47. The van der Waals surface area contributed by atoms with Crippen LogP contribution in [0.3, 0.4) is 0 Å². The van der Waals surface area contributed by atoms with Crippen LogP contribution in [0.25, 0.3) is 0 Å².